The number of anilines is 1. The quantitative estimate of drug-likeness (QED) is 0.710. The monoisotopic (exact) mass is 295 g/mol. The Morgan fingerprint density at radius 2 is 2.20 bits per heavy atom. The molecule has 0 unspecified atom stereocenters. The summed E-state index contributed by atoms with van der Waals surface area (Å²) in [6.45, 7) is 2.82. The minimum Gasteiger partial charge on any atom is -0.384 e. The van der Waals surface area contributed by atoms with E-state index in [0.717, 1.165) is 6.42 Å². The Morgan fingerprint density at radius 1 is 1.35 bits per heavy atom. The van der Waals surface area contributed by atoms with Gasteiger partial charge in [0.1, 0.15) is 10.7 Å². The van der Waals surface area contributed by atoms with Crippen molar-refractivity contribution in [2.45, 2.75) is 24.8 Å². The average molecular weight is 295 g/mol. The topological polar surface area (TPSA) is 99.8 Å². The fourth-order valence-corrected chi connectivity index (χ4v) is 2.75. The van der Waals surface area contributed by atoms with Gasteiger partial charge in [0.2, 0.25) is 10.0 Å². The second kappa shape index (κ2) is 6.49. The van der Waals surface area contributed by atoms with Crippen LogP contribution in [0.5, 0.6) is 0 Å². The summed E-state index contributed by atoms with van der Waals surface area (Å²) in [5.41, 5.74) is 0.550. The minimum atomic E-state index is -3.63. The molecule has 0 bridgehead atoms. The first-order chi connectivity index (χ1) is 9.63. The van der Waals surface area contributed by atoms with Crippen molar-refractivity contribution in [3.63, 3.8) is 0 Å². The Kier molecular flexibility index (Phi) is 4.70. The molecule has 108 valence electrons. The van der Waals surface area contributed by atoms with Crippen molar-refractivity contribution in [1.29, 1.82) is 0 Å². The average Bonchev–Trinajstić information content (AvgIpc) is 2.97. The molecule has 3 N–H and O–H groups in total. The number of rotatable bonds is 7. The number of hydrogen-bond donors (Lipinski definition) is 3. The van der Waals surface area contributed by atoms with Crippen LogP contribution in [0.2, 0.25) is 0 Å². The smallest absolute Gasteiger partial charge is 0.244 e. The molecule has 0 saturated carbocycles. The molecule has 0 aliphatic heterocycles. The summed E-state index contributed by atoms with van der Waals surface area (Å²) in [5, 5.41) is 3.08. The van der Waals surface area contributed by atoms with E-state index in [1.807, 2.05) is 6.92 Å². The van der Waals surface area contributed by atoms with E-state index in [-0.39, 0.29) is 11.4 Å². The van der Waals surface area contributed by atoms with Crippen LogP contribution in [0, 0.1) is 0 Å². The summed E-state index contributed by atoms with van der Waals surface area (Å²) >= 11 is 0. The van der Waals surface area contributed by atoms with E-state index in [0.29, 0.717) is 18.1 Å². The van der Waals surface area contributed by atoms with Crippen LogP contribution in [0.15, 0.2) is 35.7 Å². The lowest BCUT2D eigenvalue weighted by molar-refractivity contribution is 0.579. The molecule has 7 nitrogen and oxygen atoms in total. The molecule has 0 radical (unpaired) electrons. The second-order valence-corrected chi connectivity index (χ2v) is 5.89. The van der Waals surface area contributed by atoms with E-state index in [1.54, 1.807) is 24.7 Å². The molecule has 0 aliphatic rings. The number of aromatic amines is 1. The summed E-state index contributed by atoms with van der Waals surface area (Å²) in [4.78, 5) is 10.8. The van der Waals surface area contributed by atoms with Crippen LogP contribution in [-0.4, -0.2) is 29.9 Å². The number of H-pyrrole nitrogens is 1. The summed E-state index contributed by atoms with van der Waals surface area (Å²) in [5.74, 6) is 0.556. The lowest BCUT2D eigenvalue weighted by Crippen LogP contribution is -2.25. The first kappa shape index (κ1) is 14.5. The lowest BCUT2D eigenvalue weighted by Gasteiger charge is -2.11. The Hall–Kier alpha value is -1.93. The van der Waals surface area contributed by atoms with Gasteiger partial charge >= 0.3 is 0 Å². The molecule has 0 atom stereocenters. The van der Waals surface area contributed by atoms with Crippen molar-refractivity contribution in [3.8, 4) is 0 Å². The summed E-state index contributed by atoms with van der Waals surface area (Å²) < 4.78 is 27.1. The molecule has 0 saturated heterocycles. The molecular formula is C12H17N5O2S. The Labute approximate surface area is 117 Å². The van der Waals surface area contributed by atoms with Gasteiger partial charge < -0.3 is 10.3 Å². The zero-order valence-electron chi connectivity index (χ0n) is 11.1. The van der Waals surface area contributed by atoms with Gasteiger partial charge in [0, 0.05) is 31.3 Å². The van der Waals surface area contributed by atoms with Gasteiger partial charge in [0.15, 0.2) is 0 Å². The van der Waals surface area contributed by atoms with Crippen molar-refractivity contribution in [1.82, 2.24) is 19.7 Å². The van der Waals surface area contributed by atoms with E-state index >= 15 is 0 Å². The van der Waals surface area contributed by atoms with E-state index in [2.05, 4.69) is 25.0 Å². The highest BCUT2D eigenvalue weighted by Crippen LogP contribution is 2.19. The zero-order valence-corrected chi connectivity index (χ0v) is 11.9. The number of aromatic nitrogens is 3. The maximum Gasteiger partial charge on any atom is 0.244 e. The third-order valence-electron chi connectivity index (χ3n) is 2.62. The summed E-state index contributed by atoms with van der Waals surface area (Å²) in [7, 11) is -3.63. The van der Waals surface area contributed by atoms with Crippen LogP contribution >= 0.6 is 0 Å². The van der Waals surface area contributed by atoms with E-state index < -0.39 is 10.0 Å². The number of hydrogen-bond acceptors (Lipinski definition) is 5. The van der Waals surface area contributed by atoms with Gasteiger partial charge in [-0.2, -0.15) is 0 Å². The molecule has 0 aromatic carbocycles. The minimum absolute atomic E-state index is 0.109. The fourth-order valence-electron chi connectivity index (χ4n) is 1.64. The highest BCUT2D eigenvalue weighted by molar-refractivity contribution is 7.89. The maximum atomic E-state index is 12.3. The Balaban J connectivity index is 2.16. The van der Waals surface area contributed by atoms with E-state index in [4.69, 9.17) is 0 Å². The van der Waals surface area contributed by atoms with Gasteiger partial charge in [-0.25, -0.2) is 18.1 Å². The van der Waals surface area contributed by atoms with Crippen LogP contribution in [0.3, 0.4) is 0 Å². The van der Waals surface area contributed by atoms with Crippen molar-refractivity contribution >= 4 is 15.7 Å². The largest absolute Gasteiger partial charge is 0.384 e. The molecule has 0 aliphatic carbocycles. The van der Waals surface area contributed by atoms with Crippen LogP contribution in [-0.2, 0) is 16.6 Å². The number of imidazole rings is 1. The van der Waals surface area contributed by atoms with Crippen LogP contribution in [0.1, 0.15) is 19.2 Å². The number of nitrogens with one attached hydrogen (secondary N) is 3. The number of sulfonamides is 1. The van der Waals surface area contributed by atoms with Gasteiger partial charge in [0.25, 0.3) is 0 Å². The van der Waals surface area contributed by atoms with Crippen LogP contribution < -0.4 is 10.0 Å². The molecule has 2 aromatic rings. The predicted molar refractivity (Wildman–Crippen MR) is 75.6 cm³/mol. The number of nitrogens with zero attached hydrogens (tertiary/aromatic N) is 2. The SMILES string of the molecule is CCCNc1ccncc1S(=O)(=O)NCc1ncc[nH]1. The Bertz CT molecular complexity index is 640. The third kappa shape index (κ3) is 3.55. The van der Waals surface area contributed by atoms with Gasteiger partial charge in [-0.05, 0) is 12.5 Å². The molecule has 2 heterocycles. The predicted octanol–water partition coefficient (Wildman–Crippen LogP) is 1.11. The highest BCUT2D eigenvalue weighted by atomic mass is 32.2. The highest BCUT2D eigenvalue weighted by Gasteiger charge is 2.18. The van der Waals surface area contributed by atoms with Crippen molar-refractivity contribution in [3.05, 3.63) is 36.7 Å². The first-order valence-electron chi connectivity index (χ1n) is 6.29. The van der Waals surface area contributed by atoms with Crippen LogP contribution in [0.4, 0.5) is 5.69 Å². The third-order valence-corrected chi connectivity index (χ3v) is 4.05. The van der Waals surface area contributed by atoms with Gasteiger partial charge in [-0.1, -0.05) is 6.92 Å². The van der Waals surface area contributed by atoms with Gasteiger partial charge in [-0.3, -0.25) is 4.98 Å². The van der Waals surface area contributed by atoms with E-state index in [9.17, 15) is 8.42 Å². The first-order valence-corrected chi connectivity index (χ1v) is 7.77. The molecular weight excluding hydrogens is 278 g/mol. The molecule has 2 aromatic heterocycles. The van der Waals surface area contributed by atoms with Crippen molar-refractivity contribution < 1.29 is 8.42 Å². The summed E-state index contributed by atoms with van der Waals surface area (Å²) in [6.07, 6.45) is 7.01. The molecule has 0 fully saturated rings. The summed E-state index contributed by atoms with van der Waals surface area (Å²) in [6, 6.07) is 1.65. The van der Waals surface area contributed by atoms with E-state index in [1.165, 1.54) is 6.20 Å². The molecule has 0 amide bonds. The maximum absolute atomic E-state index is 12.3. The standard InChI is InChI=1S/C12H17N5O2S/c1-2-4-14-10-3-5-13-8-11(10)20(18,19)17-9-12-15-6-7-16-12/h3,5-8,17H,2,4,9H2,1H3,(H,13,14)(H,15,16). The molecule has 8 heteroatoms. The van der Waals surface area contributed by atoms with Gasteiger partial charge in [-0.15, -0.1) is 0 Å². The molecule has 20 heavy (non-hydrogen) atoms. The normalized spacial score (nSPS) is 11.4. The molecule has 2 rings (SSSR count). The van der Waals surface area contributed by atoms with Gasteiger partial charge in [0.05, 0.1) is 12.2 Å². The lowest BCUT2D eigenvalue weighted by atomic mass is 10.4. The zero-order chi connectivity index (χ0) is 14.4. The second-order valence-electron chi connectivity index (χ2n) is 4.16. The molecule has 0 spiro atoms. The fraction of sp³-hybridized carbons (Fsp3) is 0.333. The van der Waals surface area contributed by atoms with Crippen molar-refractivity contribution in [2.75, 3.05) is 11.9 Å². The van der Waals surface area contributed by atoms with Crippen molar-refractivity contribution in [2.24, 2.45) is 0 Å². The Morgan fingerprint density at radius 3 is 2.90 bits per heavy atom. The number of pyridine rings is 1. The van der Waals surface area contributed by atoms with Crippen LogP contribution in [0.25, 0.3) is 0 Å².